The molecule has 2 N–H and O–H groups in total. The van der Waals surface area contributed by atoms with Gasteiger partial charge in [-0.1, -0.05) is 6.92 Å². The fourth-order valence-corrected chi connectivity index (χ4v) is 3.23. The van der Waals surface area contributed by atoms with Crippen molar-refractivity contribution >= 4 is 15.9 Å². The molecule has 20 heavy (non-hydrogen) atoms. The number of halogens is 1. The first kappa shape index (κ1) is 15.2. The van der Waals surface area contributed by atoms with Gasteiger partial charge in [-0.3, -0.25) is 9.67 Å². The Morgan fingerprint density at radius 2 is 1.90 bits per heavy atom. The summed E-state index contributed by atoms with van der Waals surface area (Å²) < 4.78 is 3.00. The molecule has 2 aromatic rings. The lowest BCUT2D eigenvalue weighted by molar-refractivity contribution is 0.635. The van der Waals surface area contributed by atoms with Crippen LogP contribution in [0.3, 0.4) is 0 Å². The fraction of sp³-hybridized carbons (Fsp3) is 0.467. The number of pyridine rings is 1. The largest absolute Gasteiger partial charge is 0.324 e. The summed E-state index contributed by atoms with van der Waals surface area (Å²) in [6.45, 7) is 6.10. The molecule has 0 aliphatic heterocycles. The van der Waals surface area contributed by atoms with Crippen LogP contribution in [-0.2, 0) is 19.9 Å². The zero-order chi connectivity index (χ0) is 14.9. The van der Waals surface area contributed by atoms with Crippen molar-refractivity contribution in [3.8, 4) is 0 Å². The van der Waals surface area contributed by atoms with Crippen LogP contribution >= 0.6 is 15.9 Å². The van der Waals surface area contributed by atoms with E-state index in [1.807, 2.05) is 25.6 Å². The fourth-order valence-electron chi connectivity index (χ4n) is 2.45. The lowest BCUT2D eigenvalue weighted by Crippen LogP contribution is -2.16. The molecule has 0 radical (unpaired) electrons. The van der Waals surface area contributed by atoms with Crippen molar-refractivity contribution in [2.24, 2.45) is 12.8 Å². The van der Waals surface area contributed by atoms with Crippen molar-refractivity contribution in [2.45, 2.75) is 39.7 Å². The second-order valence-electron chi connectivity index (χ2n) is 5.18. The Labute approximate surface area is 128 Å². The van der Waals surface area contributed by atoms with Gasteiger partial charge in [-0.25, -0.2) is 0 Å². The number of rotatable bonds is 4. The zero-order valence-corrected chi connectivity index (χ0v) is 14.0. The van der Waals surface area contributed by atoms with E-state index >= 15 is 0 Å². The Kier molecular flexibility index (Phi) is 4.60. The Balaban J connectivity index is 2.27. The van der Waals surface area contributed by atoms with Crippen LogP contribution in [0.1, 0.15) is 41.3 Å². The molecule has 2 rings (SSSR count). The number of aryl methyl sites for hydroxylation is 4. The van der Waals surface area contributed by atoms with Gasteiger partial charge < -0.3 is 5.73 Å². The minimum atomic E-state index is -0.0493. The Morgan fingerprint density at radius 3 is 2.40 bits per heavy atom. The molecule has 0 saturated heterocycles. The van der Waals surface area contributed by atoms with Gasteiger partial charge in [-0.15, -0.1) is 0 Å². The number of nitrogens with two attached hydrogens (primary N) is 1. The normalized spacial score (nSPS) is 12.7. The molecule has 0 bridgehead atoms. The average molecular weight is 337 g/mol. The standard InChI is InChI=1S/C15H21BrN4/c1-5-13-15(16)14(20(4)19-13)8-12(17)11-6-9(2)18-10(3)7-11/h6-7,12H,5,8,17H2,1-4H3. The van der Waals surface area contributed by atoms with Crippen LogP contribution in [0.15, 0.2) is 16.6 Å². The van der Waals surface area contributed by atoms with Gasteiger partial charge in [0.15, 0.2) is 0 Å². The van der Waals surface area contributed by atoms with Crippen molar-refractivity contribution in [1.82, 2.24) is 14.8 Å². The van der Waals surface area contributed by atoms with E-state index in [1.165, 1.54) is 0 Å². The molecular weight excluding hydrogens is 316 g/mol. The highest BCUT2D eigenvalue weighted by atomic mass is 79.9. The molecule has 1 unspecified atom stereocenters. The van der Waals surface area contributed by atoms with Crippen molar-refractivity contribution in [3.63, 3.8) is 0 Å². The lowest BCUT2D eigenvalue weighted by atomic mass is 10.0. The first-order chi connectivity index (χ1) is 9.42. The third-order valence-corrected chi connectivity index (χ3v) is 4.36. The topological polar surface area (TPSA) is 56.7 Å². The molecule has 4 nitrogen and oxygen atoms in total. The monoisotopic (exact) mass is 336 g/mol. The third-order valence-electron chi connectivity index (χ3n) is 3.45. The van der Waals surface area contributed by atoms with E-state index in [4.69, 9.17) is 5.73 Å². The highest BCUT2D eigenvalue weighted by Crippen LogP contribution is 2.26. The van der Waals surface area contributed by atoms with Crippen molar-refractivity contribution in [1.29, 1.82) is 0 Å². The van der Waals surface area contributed by atoms with Crippen LogP contribution < -0.4 is 5.73 Å². The predicted octanol–water partition coefficient (Wildman–Crippen LogP) is 3.00. The van der Waals surface area contributed by atoms with Gasteiger partial charge in [0, 0.05) is 30.9 Å². The highest BCUT2D eigenvalue weighted by molar-refractivity contribution is 9.10. The molecule has 108 valence electrons. The SMILES string of the molecule is CCc1nn(C)c(CC(N)c2cc(C)nc(C)c2)c1Br. The van der Waals surface area contributed by atoms with Gasteiger partial charge >= 0.3 is 0 Å². The maximum atomic E-state index is 6.36. The van der Waals surface area contributed by atoms with Crippen LogP contribution in [0.25, 0.3) is 0 Å². The Morgan fingerprint density at radius 1 is 1.30 bits per heavy atom. The molecule has 0 amide bonds. The van der Waals surface area contributed by atoms with Gasteiger partial charge in [0.05, 0.1) is 15.9 Å². The minimum absolute atomic E-state index is 0.0493. The van der Waals surface area contributed by atoms with Crippen molar-refractivity contribution in [2.75, 3.05) is 0 Å². The lowest BCUT2D eigenvalue weighted by Gasteiger charge is -2.14. The summed E-state index contributed by atoms with van der Waals surface area (Å²) in [5.74, 6) is 0. The van der Waals surface area contributed by atoms with Crippen LogP contribution in [0.4, 0.5) is 0 Å². The second-order valence-corrected chi connectivity index (χ2v) is 5.97. The zero-order valence-electron chi connectivity index (χ0n) is 12.4. The number of aromatic nitrogens is 3. The van der Waals surface area contributed by atoms with E-state index in [2.05, 4.69) is 45.1 Å². The second kappa shape index (κ2) is 6.06. The van der Waals surface area contributed by atoms with Gasteiger partial charge in [0.2, 0.25) is 0 Å². The van der Waals surface area contributed by atoms with Crippen LogP contribution in [0, 0.1) is 13.8 Å². The highest BCUT2D eigenvalue weighted by Gasteiger charge is 2.17. The molecule has 5 heteroatoms. The maximum Gasteiger partial charge on any atom is 0.0766 e. The van der Waals surface area contributed by atoms with Crippen molar-refractivity contribution in [3.05, 3.63) is 44.9 Å². The molecule has 2 aromatic heterocycles. The van der Waals surface area contributed by atoms with E-state index in [-0.39, 0.29) is 6.04 Å². The molecule has 0 aliphatic rings. The van der Waals surface area contributed by atoms with Gasteiger partial charge in [0.25, 0.3) is 0 Å². The number of nitrogens with zero attached hydrogens (tertiary/aromatic N) is 3. The summed E-state index contributed by atoms with van der Waals surface area (Å²) in [7, 11) is 1.97. The molecule has 0 saturated carbocycles. The molecule has 0 aliphatic carbocycles. The summed E-state index contributed by atoms with van der Waals surface area (Å²) in [4.78, 5) is 4.39. The van der Waals surface area contributed by atoms with E-state index in [1.54, 1.807) is 0 Å². The smallest absolute Gasteiger partial charge is 0.0766 e. The summed E-state index contributed by atoms with van der Waals surface area (Å²) in [6, 6.07) is 4.07. The maximum absolute atomic E-state index is 6.36. The van der Waals surface area contributed by atoms with E-state index < -0.39 is 0 Å². The number of hydrogen-bond donors (Lipinski definition) is 1. The molecular formula is C15H21BrN4. The Bertz CT molecular complexity index is 598. The predicted molar refractivity (Wildman–Crippen MR) is 84.6 cm³/mol. The van der Waals surface area contributed by atoms with Gasteiger partial charge in [-0.05, 0) is 53.9 Å². The average Bonchev–Trinajstić information content (AvgIpc) is 2.65. The minimum Gasteiger partial charge on any atom is -0.324 e. The number of hydrogen-bond acceptors (Lipinski definition) is 3. The molecule has 0 fully saturated rings. The van der Waals surface area contributed by atoms with Crippen molar-refractivity contribution < 1.29 is 0 Å². The quantitative estimate of drug-likeness (QED) is 0.933. The summed E-state index contributed by atoms with van der Waals surface area (Å²) in [5, 5.41) is 4.51. The summed E-state index contributed by atoms with van der Waals surface area (Å²) in [6.07, 6.45) is 1.67. The molecule has 0 spiro atoms. The molecule has 1 atom stereocenters. The van der Waals surface area contributed by atoms with Gasteiger partial charge in [0.1, 0.15) is 0 Å². The first-order valence-corrected chi connectivity index (χ1v) is 7.62. The van der Waals surface area contributed by atoms with Crippen LogP contribution in [0.2, 0.25) is 0 Å². The summed E-state index contributed by atoms with van der Waals surface area (Å²) in [5.41, 5.74) is 11.7. The van der Waals surface area contributed by atoms with Crippen LogP contribution in [0.5, 0.6) is 0 Å². The van der Waals surface area contributed by atoms with E-state index in [9.17, 15) is 0 Å². The molecule has 2 heterocycles. The third kappa shape index (κ3) is 3.10. The molecule has 0 aromatic carbocycles. The van der Waals surface area contributed by atoms with E-state index in [0.717, 1.165) is 45.7 Å². The van der Waals surface area contributed by atoms with E-state index in [0.29, 0.717) is 0 Å². The Hall–Kier alpha value is -1.20. The van der Waals surface area contributed by atoms with Crippen LogP contribution in [-0.4, -0.2) is 14.8 Å². The first-order valence-electron chi connectivity index (χ1n) is 6.83. The van der Waals surface area contributed by atoms with Gasteiger partial charge in [-0.2, -0.15) is 5.10 Å². The summed E-state index contributed by atoms with van der Waals surface area (Å²) >= 11 is 3.64.